The van der Waals surface area contributed by atoms with Crippen molar-refractivity contribution in [2.24, 2.45) is 0 Å². The fourth-order valence-electron chi connectivity index (χ4n) is 1.74. The molecule has 0 bridgehead atoms. The molecule has 1 aromatic carbocycles. The lowest BCUT2D eigenvalue weighted by molar-refractivity contribution is 0.397. The van der Waals surface area contributed by atoms with E-state index in [1.807, 2.05) is 31.2 Å². The molecule has 1 aromatic heterocycles. The van der Waals surface area contributed by atoms with Crippen LogP contribution in [0.5, 0.6) is 0 Å². The van der Waals surface area contributed by atoms with Crippen molar-refractivity contribution in [3.8, 4) is 0 Å². The topological polar surface area (TPSA) is 51.0 Å². The Labute approximate surface area is 118 Å². The zero-order valence-electron chi connectivity index (χ0n) is 11.2. The van der Waals surface area contributed by atoms with Crippen LogP contribution in [-0.2, 0) is 6.42 Å². The number of benzene rings is 1. The molecule has 0 aliphatic carbocycles. The molecule has 0 spiro atoms. The molecule has 102 valence electrons. The number of nitrogens with zero attached hydrogens (tertiary/aromatic N) is 2. The largest absolute Gasteiger partial charge is 0.423 e. The van der Waals surface area contributed by atoms with Crippen molar-refractivity contribution in [2.75, 3.05) is 6.54 Å². The van der Waals surface area contributed by atoms with Crippen LogP contribution in [0.2, 0.25) is 5.02 Å². The summed E-state index contributed by atoms with van der Waals surface area (Å²) in [7, 11) is 0. The summed E-state index contributed by atoms with van der Waals surface area (Å²) >= 11 is 5.85. The molecule has 0 amide bonds. The van der Waals surface area contributed by atoms with Crippen LogP contribution in [0.4, 0.5) is 0 Å². The Morgan fingerprint density at radius 3 is 2.68 bits per heavy atom. The standard InChI is InChI=1S/C14H18ClN3O/c1-3-8-16-10(2)14-18-17-13(19-14)9-11-4-6-12(15)7-5-11/h4-7,10,16H,3,8-9H2,1-2H3. The van der Waals surface area contributed by atoms with E-state index < -0.39 is 0 Å². The van der Waals surface area contributed by atoms with Crippen LogP contribution in [-0.4, -0.2) is 16.7 Å². The monoisotopic (exact) mass is 279 g/mol. The van der Waals surface area contributed by atoms with Crippen LogP contribution in [0, 0.1) is 0 Å². The minimum Gasteiger partial charge on any atom is -0.423 e. The molecule has 2 rings (SSSR count). The van der Waals surface area contributed by atoms with Crippen molar-refractivity contribution in [3.63, 3.8) is 0 Å². The smallest absolute Gasteiger partial charge is 0.233 e. The van der Waals surface area contributed by atoms with Gasteiger partial charge in [0.15, 0.2) is 0 Å². The molecule has 1 unspecified atom stereocenters. The summed E-state index contributed by atoms with van der Waals surface area (Å²) in [4.78, 5) is 0. The maximum atomic E-state index is 5.85. The van der Waals surface area contributed by atoms with Gasteiger partial charge >= 0.3 is 0 Å². The van der Waals surface area contributed by atoms with Crippen LogP contribution < -0.4 is 5.32 Å². The Morgan fingerprint density at radius 2 is 2.00 bits per heavy atom. The lowest BCUT2D eigenvalue weighted by Gasteiger charge is -2.07. The molecule has 0 saturated carbocycles. The van der Waals surface area contributed by atoms with Gasteiger partial charge < -0.3 is 9.73 Å². The highest BCUT2D eigenvalue weighted by molar-refractivity contribution is 6.30. The molecule has 0 fully saturated rings. The lowest BCUT2D eigenvalue weighted by Crippen LogP contribution is -2.19. The fraction of sp³-hybridized carbons (Fsp3) is 0.429. The number of hydrogen-bond acceptors (Lipinski definition) is 4. The Kier molecular flexibility index (Phi) is 4.93. The number of aromatic nitrogens is 2. The SMILES string of the molecule is CCCNC(C)c1nnc(Cc2ccc(Cl)cc2)o1. The van der Waals surface area contributed by atoms with E-state index >= 15 is 0 Å². The molecular weight excluding hydrogens is 262 g/mol. The van der Waals surface area contributed by atoms with E-state index in [0.717, 1.165) is 23.6 Å². The third-order valence-corrected chi connectivity index (χ3v) is 3.07. The summed E-state index contributed by atoms with van der Waals surface area (Å²) in [6, 6.07) is 7.74. The molecule has 2 aromatic rings. The van der Waals surface area contributed by atoms with Gasteiger partial charge in [-0.1, -0.05) is 30.7 Å². The number of halogens is 1. The van der Waals surface area contributed by atoms with Gasteiger partial charge in [0.05, 0.1) is 12.5 Å². The average molecular weight is 280 g/mol. The molecule has 1 heterocycles. The summed E-state index contributed by atoms with van der Waals surface area (Å²) in [5, 5.41) is 12.2. The van der Waals surface area contributed by atoms with Gasteiger partial charge in [-0.3, -0.25) is 0 Å². The van der Waals surface area contributed by atoms with Crippen LogP contribution in [0.25, 0.3) is 0 Å². The Morgan fingerprint density at radius 1 is 1.26 bits per heavy atom. The molecule has 19 heavy (non-hydrogen) atoms. The van der Waals surface area contributed by atoms with E-state index in [0.29, 0.717) is 18.2 Å². The van der Waals surface area contributed by atoms with Crippen molar-refractivity contribution in [3.05, 3.63) is 46.6 Å². The zero-order chi connectivity index (χ0) is 13.7. The first-order valence-corrected chi connectivity index (χ1v) is 6.87. The third-order valence-electron chi connectivity index (χ3n) is 2.82. The van der Waals surface area contributed by atoms with Gasteiger partial charge in [-0.2, -0.15) is 0 Å². The van der Waals surface area contributed by atoms with E-state index in [-0.39, 0.29) is 6.04 Å². The minimum atomic E-state index is 0.0893. The Bertz CT molecular complexity index is 510. The van der Waals surface area contributed by atoms with E-state index in [1.165, 1.54) is 0 Å². The van der Waals surface area contributed by atoms with Gasteiger partial charge in [-0.25, -0.2) is 0 Å². The number of nitrogens with one attached hydrogen (secondary N) is 1. The summed E-state index contributed by atoms with van der Waals surface area (Å²) in [5.74, 6) is 1.26. The predicted molar refractivity (Wildman–Crippen MR) is 75.3 cm³/mol. The predicted octanol–water partition coefficient (Wildman–Crippen LogP) is 3.37. The third kappa shape index (κ3) is 4.04. The molecule has 1 N–H and O–H groups in total. The van der Waals surface area contributed by atoms with E-state index in [2.05, 4.69) is 22.4 Å². The lowest BCUT2D eigenvalue weighted by atomic mass is 10.1. The first-order valence-electron chi connectivity index (χ1n) is 6.49. The summed E-state index contributed by atoms with van der Waals surface area (Å²) in [6.07, 6.45) is 1.71. The maximum absolute atomic E-state index is 5.85. The summed E-state index contributed by atoms with van der Waals surface area (Å²) in [6.45, 7) is 5.09. The quantitative estimate of drug-likeness (QED) is 0.881. The summed E-state index contributed by atoms with van der Waals surface area (Å²) in [5.41, 5.74) is 1.11. The fourth-order valence-corrected chi connectivity index (χ4v) is 1.86. The van der Waals surface area contributed by atoms with Crippen LogP contribution in [0.1, 0.15) is 43.7 Å². The molecule has 0 aliphatic rings. The highest BCUT2D eigenvalue weighted by atomic mass is 35.5. The number of rotatable bonds is 6. The van der Waals surface area contributed by atoms with Crippen molar-refractivity contribution < 1.29 is 4.42 Å². The molecule has 4 nitrogen and oxygen atoms in total. The average Bonchev–Trinajstić information content (AvgIpc) is 2.87. The van der Waals surface area contributed by atoms with E-state index in [9.17, 15) is 0 Å². The molecule has 0 aliphatic heterocycles. The Hall–Kier alpha value is -1.39. The normalized spacial score (nSPS) is 12.6. The molecule has 0 saturated heterocycles. The van der Waals surface area contributed by atoms with Gasteiger partial charge in [0.1, 0.15) is 0 Å². The van der Waals surface area contributed by atoms with Gasteiger partial charge in [0.25, 0.3) is 0 Å². The highest BCUT2D eigenvalue weighted by Crippen LogP contribution is 2.15. The number of hydrogen-bond donors (Lipinski definition) is 1. The zero-order valence-corrected chi connectivity index (χ0v) is 11.9. The maximum Gasteiger partial charge on any atom is 0.233 e. The van der Waals surface area contributed by atoms with Gasteiger partial charge in [-0.15, -0.1) is 10.2 Å². The first kappa shape index (κ1) is 14.0. The second-order valence-corrected chi connectivity index (χ2v) is 4.95. The van der Waals surface area contributed by atoms with Crippen molar-refractivity contribution in [1.82, 2.24) is 15.5 Å². The molecular formula is C14H18ClN3O. The minimum absolute atomic E-state index is 0.0893. The second-order valence-electron chi connectivity index (χ2n) is 4.51. The molecule has 0 radical (unpaired) electrons. The van der Waals surface area contributed by atoms with Crippen molar-refractivity contribution in [1.29, 1.82) is 0 Å². The van der Waals surface area contributed by atoms with E-state index in [4.69, 9.17) is 16.0 Å². The van der Waals surface area contributed by atoms with E-state index in [1.54, 1.807) is 0 Å². The van der Waals surface area contributed by atoms with Crippen molar-refractivity contribution >= 4 is 11.6 Å². The van der Waals surface area contributed by atoms with Gasteiger partial charge in [-0.05, 0) is 37.6 Å². The summed E-state index contributed by atoms with van der Waals surface area (Å²) < 4.78 is 5.66. The van der Waals surface area contributed by atoms with Crippen LogP contribution in [0.15, 0.2) is 28.7 Å². The van der Waals surface area contributed by atoms with Crippen molar-refractivity contribution in [2.45, 2.75) is 32.7 Å². The molecule has 1 atom stereocenters. The Balaban J connectivity index is 1.98. The van der Waals surface area contributed by atoms with Gasteiger partial charge in [0.2, 0.25) is 11.8 Å². The second kappa shape index (κ2) is 6.68. The first-order chi connectivity index (χ1) is 9.19. The van der Waals surface area contributed by atoms with Crippen LogP contribution in [0.3, 0.4) is 0 Å². The highest BCUT2D eigenvalue weighted by Gasteiger charge is 2.13. The van der Waals surface area contributed by atoms with Crippen LogP contribution >= 0.6 is 11.6 Å². The van der Waals surface area contributed by atoms with Gasteiger partial charge in [0, 0.05) is 5.02 Å². The molecule has 5 heteroatoms.